The average molecular weight is 591 g/mol. The Kier molecular flexibility index (Phi) is 14.5. The van der Waals surface area contributed by atoms with Crippen molar-refractivity contribution in [2.45, 2.75) is 53.6 Å². The second kappa shape index (κ2) is 16.7. The number of methoxy groups -OCH3 is 2. The molecule has 3 N–H and O–H groups in total. The van der Waals surface area contributed by atoms with Gasteiger partial charge in [-0.05, 0) is 45.4 Å². The topological polar surface area (TPSA) is 115 Å². The van der Waals surface area contributed by atoms with Crippen molar-refractivity contribution in [1.29, 1.82) is 0 Å². The third-order valence-electron chi connectivity index (χ3n) is 5.89. The van der Waals surface area contributed by atoms with Gasteiger partial charge in [0.05, 0.1) is 17.1 Å². The van der Waals surface area contributed by atoms with Gasteiger partial charge in [0.1, 0.15) is 18.4 Å². The average Bonchev–Trinajstić information content (AvgIpc) is 2.87. The van der Waals surface area contributed by atoms with Crippen LogP contribution in [0.1, 0.15) is 41.5 Å². The summed E-state index contributed by atoms with van der Waals surface area (Å²) in [6, 6.07) is 0.395. The lowest BCUT2D eigenvalue weighted by atomic mass is 10.0. The van der Waals surface area contributed by atoms with E-state index in [0.717, 1.165) is 10.5 Å². The molecule has 3 aliphatic heterocycles. The molecule has 3 heterocycles. The molecule has 41 heavy (non-hydrogen) atoms. The van der Waals surface area contributed by atoms with Crippen LogP contribution in [0, 0.1) is 5.92 Å². The van der Waals surface area contributed by atoms with Crippen LogP contribution in [0.3, 0.4) is 0 Å². The normalized spacial score (nSPS) is 17.3. The molecule has 3 rings (SSSR count). The monoisotopic (exact) mass is 590 g/mol. The van der Waals surface area contributed by atoms with Crippen LogP contribution in [0.5, 0.6) is 0 Å². The molecular weight excluding hydrogens is 544 g/mol. The zero-order valence-corrected chi connectivity index (χ0v) is 26.6. The SMILES string of the molecule is C=C1NC(=O)C(COC)=CN1C(C)C.C=C1NC(=O)C(SC)=CN1C(C)C.C=C1NC(=O)N(COC)C=C1C(C)C. The molecule has 0 aromatic rings. The standard InChI is InChI=1S/2C10H16N2O2.C9H14N2OS/c1-7(2)9-5-12(6-14-4)10(13)11-8(9)3;1-7(2)12-5-9(6-14-4)10(13)11-8(12)3;1-6(2)11-5-8(13-4)9(12)10-7(11)3/h2*5,7H,3,6H2,1-2,4H3,(H,11,13);5-6H,3H2,1-2,4H3,(H,10,12). The lowest BCUT2D eigenvalue weighted by molar-refractivity contribution is -0.118. The smallest absolute Gasteiger partial charge is 0.327 e. The van der Waals surface area contributed by atoms with E-state index in [2.05, 4.69) is 63.4 Å². The summed E-state index contributed by atoms with van der Waals surface area (Å²) in [5.74, 6) is 1.41. The maximum Gasteiger partial charge on any atom is 0.327 e. The zero-order chi connectivity index (χ0) is 31.4. The summed E-state index contributed by atoms with van der Waals surface area (Å²) in [7, 11) is 3.12. The quantitative estimate of drug-likeness (QED) is 0.389. The Labute approximate surface area is 249 Å². The fourth-order valence-corrected chi connectivity index (χ4v) is 4.19. The van der Waals surface area contributed by atoms with Crippen molar-refractivity contribution in [3.63, 3.8) is 0 Å². The van der Waals surface area contributed by atoms with Gasteiger partial charge < -0.3 is 35.2 Å². The number of thioether (sulfide) groups is 1. The summed E-state index contributed by atoms with van der Waals surface area (Å²) in [6.07, 6.45) is 7.30. The predicted molar refractivity (Wildman–Crippen MR) is 164 cm³/mol. The van der Waals surface area contributed by atoms with Crippen molar-refractivity contribution in [1.82, 2.24) is 30.7 Å². The Morgan fingerprint density at radius 1 is 0.805 bits per heavy atom. The van der Waals surface area contributed by atoms with Gasteiger partial charge in [0.15, 0.2) is 0 Å². The van der Waals surface area contributed by atoms with E-state index < -0.39 is 0 Å². The fourth-order valence-electron chi connectivity index (χ4n) is 3.74. The van der Waals surface area contributed by atoms with Crippen molar-refractivity contribution >= 4 is 29.6 Å². The van der Waals surface area contributed by atoms with Gasteiger partial charge >= 0.3 is 6.03 Å². The lowest BCUT2D eigenvalue weighted by Gasteiger charge is -2.31. The number of rotatable bonds is 8. The lowest BCUT2D eigenvalue weighted by Crippen LogP contribution is -2.41. The minimum absolute atomic E-state index is 0.0607. The number of carbonyl (C=O) groups excluding carboxylic acids is 3. The van der Waals surface area contributed by atoms with Crippen molar-refractivity contribution in [3.05, 3.63) is 71.7 Å². The molecule has 4 amide bonds. The van der Waals surface area contributed by atoms with E-state index in [4.69, 9.17) is 9.47 Å². The Morgan fingerprint density at radius 3 is 1.80 bits per heavy atom. The number of hydrogen-bond donors (Lipinski definition) is 3. The molecule has 0 fully saturated rings. The van der Waals surface area contributed by atoms with Gasteiger partial charge in [0.2, 0.25) is 0 Å². The fraction of sp³-hybridized carbons (Fsp3) is 0.483. The zero-order valence-electron chi connectivity index (χ0n) is 25.8. The minimum Gasteiger partial charge on any atom is -0.380 e. The molecule has 0 spiro atoms. The molecule has 3 aliphatic rings. The van der Waals surface area contributed by atoms with Crippen LogP contribution < -0.4 is 16.0 Å². The maximum absolute atomic E-state index is 11.4. The highest BCUT2D eigenvalue weighted by Crippen LogP contribution is 2.22. The molecule has 0 aromatic heterocycles. The van der Waals surface area contributed by atoms with Crippen LogP contribution in [-0.4, -0.2) is 78.4 Å². The largest absolute Gasteiger partial charge is 0.380 e. The van der Waals surface area contributed by atoms with Crippen LogP contribution in [0.25, 0.3) is 0 Å². The van der Waals surface area contributed by atoms with E-state index in [1.807, 2.05) is 36.1 Å². The maximum atomic E-state index is 11.4. The van der Waals surface area contributed by atoms with Crippen molar-refractivity contribution in [3.8, 4) is 0 Å². The highest BCUT2D eigenvalue weighted by atomic mass is 32.2. The molecule has 228 valence electrons. The Hall–Kier alpha value is -3.48. The highest BCUT2D eigenvalue weighted by Gasteiger charge is 2.23. The van der Waals surface area contributed by atoms with Crippen LogP contribution >= 0.6 is 11.8 Å². The number of nitrogens with one attached hydrogen (secondary N) is 3. The molecule has 0 bridgehead atoms. The molecule has 12 heteroatoms. The van der Waals surface area contributed by atoms with Crippen molar-refractivity contribution in [2.24, 2.45) is 5.92 Å². The Balaban J connectivity index is 0.000000308. The summed E-state index contributed by atoms with van der Waals surface area (Å²) in [5, 5.41) is 8.09. The molecule has 0 radical (unpaired) electrons. The number of urea groups is 1. The van der Waals surface area contributed by atoms with E-state index in [0.29, 0.717) is 41.5 Å². The van der Waals surface area contributed by atoms with Gasteiger partial charge in [-0.15, -0.1) is 11.8 Å². The van der Waals surface area contributed by atoms with Gasteiger partial charge in [0.25, 0.3) is 11.8 Å². The van der Waals surface area contributed by atoms with E-state index in [-0.39, 0.29) is 30.6 Å². The summed E-state index contributed by atoms with van der Waals surface area (Å²) in [6.45, 7) is 24.2. The molecule has 0 aromatic carbocycles. The van der Waals surface area contributed by atoms with Crippen LogP contribution in [0.2, 0.25) is 0 Å². The number of hydrogen-bond acceptors (Lipinski definition) is 8. The summed E-state index contributed by atoms with van der Waals surface area (Å²) in [5.41, 5.74) is 2.33. The van der Waals surface area contributed by atoms with Gasteiger partial charge in [-0.25, -0.2) is 4.79 Å². The highest BCUT2D eigenvalue weighted by molar-refractivity contribution is 8.03. The molecule has 0 saturated carbocycles. The minimum atomic E-state index is -0.193. The molecule has 0 aliphatic carbocycles. The van der Waals surface area contributed by atoms with Gasteiger partial charge in [-0.1, -0.05) is 33.6 Å². The third-order valence-corrected chi connectivity index (χ3v) is 6.62. The van der Waals surface area contributed by atoms with E-state index >= 15 is 0 Å². The molecule has 0 unspecified atom stereocenters. The van der Waals surface area contributed by atoms with Crippen molar-refractivity contribution in [2.75, 3.05) is 33.8 Å². The second-order valence-corrected chi connectivity index (χ2v) is 11.0. The molecule has 0 saturated heterocycles. The van der Waals surface area contributed by atoms with Gasteiger partial charge in [-0.2, -0.15) is 0 Å². The number of amides is 4. The predicted octanol–water partition coefficient (Wildman–Crippen LogP) is 4.00. The Bertz CT molecular complexity index is 1110. The summed E-state index contributed by atoms with van der Waals surface area (Å²) >= 11 is 1.44. The van der Waals surface area contributed by atoms with Gasteiger partial charge in [-0.3, -0.25) is 14.5 Å². The Morgan fingerprint density at radius 2 is 1.34 bits per heavy atom. The molecule has 11 nitrogen and oxygen atoms in total. The molecular formula is C29H46N6O5S. The first-order valence-electron chi connectivity index (χ1n) is 13.2. The summed E-state index contributed by atoms with van der Waals surface area (Å²) < 4.78 is 9.84. The van der Waals surface area contributed by atoms with E-state index in [1.165, 1.54) is 16.7 Å². The van der Waals surface area contributed by atoms with Crippen LogP contribution in [0.4, 0.5) is 4.79 Å². The second-order valence-electron chi connectivity index (χ2n) is 10.1. The number of nitrogens with zero attached hydrogens (tertiary/aromatic N) is 3. The van der Waals surface area contributed by atoms with Crippen molar-refractivity contribution < 1.29 is 23.9 Å². The first-order valence-corrected chi connectivity index (χ1v) is 14.4. The van der Waals surface area contributed by atoms with Crippen LogP contribution in [-0.2, 0) is 19.1 Å². The first kappa shape index (κ1) is 35.5. The number of ether oxygens (including phenoxy) is 2. The van der Waals surface area contributed by atoms with E-state index in [9.17, 15) is 14.4 Å². The summed E-state index contributed by atoms with van der Waals surface area (Å²) in [4.78, 5) is 40.2. The third kappa shape index (κ3) is 10.5. The van der Waals surface area contributed by atoms with Gasteiger partial charge in [0, 0.05) is 50.6 Å². The first-order chi connectivity index (χ1) is 19.2. The van der Waals surface area contributed by atoms with Crippen LogP contribution in [0.15, 0.2) is 71.7 Å². The van der Waals surface area contributed by atoms with E-state index in [1.54, 1.807) is 26.6 Å². The number of allylic oxidation sites excluding steroid dienone is 1. The number of carbonyl (C=O) groups is 3. The molecule has 0 atom stereocenters.